The van der Waals surface area contributed by atoms with Crippen molar-refractivity contribution in [3.8, 4) is 16.9 Å². The molecule has 6 nitrogen and oxygen atoms in total. The molecule has 182 valence electrons. The molecule has 0 aromatic heterocycles. The van der Waals surface area contributed by atoms with Crippen LogP contribution in [0.15, 0.2) is 66.7 Å². The molecule has 1 fully saturated rings. The molecule has 0 radical (unpaired) electrons. The number of anilines is 1. The lowest BCUT2D eigenvalue weighted by Gasteiger charge is -2.36. The number of benzene rings is 3. The number of nitrogens with zero attached hydrogens (tertiary/aromatic N) is 3. The van der Waals surface area contributed by atoms with Gasteiger partial charge in [-0.1, -0.05) is 18.2 Å². The van der Waals surface area contributed by atoms with Crippen molar-refractivity contribution in [2.75, 3.05) is 44.2 Å². The van der Waals surface area contributed by atoms with Crippen LogP contribution in [0.2, 0.25) is 0 Å². The van der Waals surface area contributed by atoms with Gasteiger partial charge in [0.05, 0.1) is 0 Å². The number of phenols is 1. The van der Waals surface area contributed by atoms with Crippen molar-refractivity contribution < 1.29 is 14.7 Å². The molecule has 0 atom stereocenters. The maximum Gasteiger partial charge on any atom is 0.253 e. The highest BCUT2D eigenvalue weighted by Gasteiger charge is 2.23. The molecule has 1 aliphatic heterocycles. The van der Waals surface area contributed by atoms with E-state index in [1.54, 1.807) is 12.1 Å². The van der Waals surface area contributed by atoms with Crippen molar-refractivity contribution in [1.29, 1.82) is 0 Å². The molecule has 3 aromatic rings. The summed E-state index contributed by atoms with van der Waals surface area (Å²) in [5.41, 5.74) is 5.39. The summed E-state index contributed by atoms with van der Waals surface area (Å²) in [6, 6.07) is 20.7. The van der Waals surface area contributed by atoms with Gasteiger partial charge in [-0.3, -0.25) is 9.59 Å². The first kappa shape index (κ1) is 24.3. The Labute approximate surface area is 207 Å². The van der Waals surface area contributed by atoms with Gasteiger partial charge in [-0.05, 0) is 86.0 Å². The van der Waals surface area contributed by atoms with Gasteiger partial charge in [0.1, 0.15) is 5.75 Å². The molecule has 2 amide bonds. The fraction of sp³-hybridized carbons (Fsp3) is 0.310. The van der Waals surface area contributed by atoms with Crippen LogP contribution in [-0.2, 0) is 0 Å². The van der Waals surface area contributed by atoms with Crippen LogP contribution in [0.1, 0.15) is 40.1 Å². The number of hydrogen-bond acceptors (Lipinski definition) is 4. The fourth-order valence-electron chi connectivity index (χ4n) is 4.65. The van der Waals surface area contributed by atoms with Crippen LogP contribution >= 0.6 is 0 Å². The van der Waals surface area contributed by atoms with Gasteiger partial charge >= 0.3 is 0 Å². The Balaban J connectivity index is 1.38. The predicted molar refractivity (Wildman–Crippen MR) is 140 cm³/mol. The lowest BCUT2D eigenvalue weighted by Crippen LogP contribution is -2.48. The zero-order valence-corrected chi connectivity index (χ0v) is 20.7. The Morgan fingerprint density at radius 3 is 2.11 bits per heavy atom. The number of amides is 2. The van der Waals surface area contributed by atoms with E-state index in [0.717, 1.165) is 35.5 Å². The number of piperazine rings is 1. The second-order valence-electron chi connectivity index (χ2n) is 8.88. The third-order valence-electron chi connectivity index (χ3n) is 6.73. The number of carbonyl (C=O) groups is 2. The lowest BCUT2D eigenvalue weighted by molar-refractivity contribution is 0.0744. The van der Waals surface area contributed by atoms with Gasteiger partial charge in [0.25, 0.3) is 11.8 Å². The first-order valence-electron chi connectivity index (χ1n) is 12.2. The van der Waals surface area contributed by atoms with E-state index in [0.29, 0.717) is 37.3 Å². The molecule has 3 aromatic carbocycles. The molecule has 6 heteroatoms. The van der Waals surface area contributed by atoms with Gasteiger partial charge in [-0.25, -0.2) is 0 Å². The Bertz CT molecular complexity index is 1190. The number of carbonyl (C=O) groups excluding carboxylic acids is 2. The SMILES string of the molecule is CCN(CC)C(=O)c1ccc(N2CCN(C(=O)c3ccc(-c4cccc(O)c4)c(C)c3)CC2)cc1. The second kappa shape index (κ2) is 10.6. The standard InChI is InChI=1S/C29H33N3O3/c1-4-30(5-2)28(34)22-9-12-25(13-10-22)31-15-17-32(18-16-31)29(35)24-11-14-27(21(3)19-24)23-7-6-8-26(33)20-23/h6-14,19-20,33H,4-5,15-18H2,1-3H3. The highest BCUT2D eigenvalue weighted by molar-refractivity contribution is 5.96. The van der Waals surface area contributed by atoms with Crippen molar-refractivity contribution in [1.82, 2.24) is 9.80 Å². The van der Waals surface area contributed by atoms with E-state index >= 15 is 0 Å². The smallest absolute Gasteiger partial charge is 0.253 e. The first-order valence-corrected chi connectivity index (χ1v) is 12.2. The largest absolute Gasteiger partial charge is 0.508 e. The molecule has 1 heterocycles. The predicted octanol–water partition coefficient (Wildman–Crippen LogP) is 4.81. The minimum absolute atomic E-state index is 0.0374. The minimum atomic E-state index is 0.0374. The molecule has 0 bridgehead atoms. The number of aromatic hydroxyl groups is 1. The number of hydrogen-bond donors (Lipinski definition) is 1. The molecule has 0 spiro atoms. The maximum absolute atomic E-state index is 13.2. The molecule has 1 aliphatic rings. The monoisotopic (exact) mass is 471 g/mol. The van der Waals surface area contributed by atoms with Gasteiger partial charge in [-0.2, -0.15) is 0 Å². The van der Waals surface area contributed by atoms with Crippen molar-refractivity contribution in [2.24, 2.45) is 0 Å². The van der Waals surface area contributed by atoms with E-state index in [4.69, 9.17) is 0 Å². The van der Waals surface area contributed by atoms with Gasteiger partial charge in [0, 0.05) is 56.1 Å². The molecule has 35 heavy (non-hydrogen) atoms. The Morgan fingerprint density at radius 2 is 1.51 bits per heavy atom. The van der Waals surface area contributed by atoms with E-state index < -0.39 is 0 Å². The fourth-order valence-corrected chi connectivity index (χ4v) is 4.65. The number of aryl methyl sites for hydroxylation is 1. The van der Waals surface area contributed by atoms with Crippen LogP contribution in [0.25, 0.3) is 11.1 Å². The van der Waals surface area contributed by atoms with E-state index in [-0.39, 0.29) is 17.6 Å². The molecule has 0 saturated carbocycles. The van der Waals surface area contributed by atoms with Gasteiger partial charge in [-0.15, -0.1) is 0 Å². The summed E-state index contributed by atoms with van der Waals surface area (Å²) in [5.74, 6) is 0.322. The zero-order valence-electron chi connectivity index (χ0n) is 20.7. The molecular formula is C29H33N3O3. The minimum Gasteiger partial charge on any atom is -0.508 e. The average Bonchev–Trinajstić information content (AvgIpc) is 2.89. The Morgan fingerprint density at radius 1 is 0.857 bits per heavy atom. The average molecular weight is 472 g/mol. The van der Waals surface area contributed by atoms with Crippen LogP contribution < -0.4 is 4.90 Å². The van der Waals surface area contributed by atoms with Crippen LogP contribution in [-0.4, -0.2) is 66.0 Å². The summed E-state index contributed by atoms with van der Waals surface area (Å²) in [5, 5.41) is 9.78. The second-order valence-corrected chi connectivity index (χ2v) is 8.88. The number of rotatable bonds is 6. The maximum atomic E-state index is 13.2. The third-order valence-corrected chi connectivity index (χ3v) is 6.73. The van der Waals surface area contributed by atoms with Crippen LogP contribution in [0.3, 0.4) is 0 Å². The van der Waals surface area contributed by atoms with Crippen LogP contribution in [0.4, 0.5) is 5.69 Å². The van der Waals surface area contributed by atoms with E-state index in [2.05, 4.69) is 4.90 Å². The summed E-state index contributed by atoms with van der Waals surface area (Å²) in [4.78, 5) is 31.7. The lowest BCUT2D eigenvalue weighted by atomic mass is 9.98. The molecule has 1 N–H and O–H groups in total. The van der Waals surface area contributed by atoms with Crippen molar-refractivity contribution in [3.05, 3.63) is 83.4 Å². The number of phenolic OH excluding ortho intramolecular Hbond substituents is 1. The van der Waals surface area contributed by atoms with Crippen molar-refractivity contribution in [2.45, 2.75) is 20.8 Å². The summed E-state index contributed by atoms with van der Waals surface area (Å²) < 4.78 is 0. The topological polar surface area (TPSA) is 64.1 Å². The van der Waals surface area contributed by atoms with E-state index in [9.17, 15) is 14.7 Å². The van der Waals surface area contributed by atoms with Gasteiger partial charge in [0.2, 0.25) is 0 Å². The quantitative estimate of drug-likeness (QED) is 0.560. The van der Waals surface area contributed by atoms with Crippen LogP contribution in [0.5, 0.6) is 5.75 Å². The normalized spacial score (nSPS) is 13.6. The summed E-state index contributed by atoms with van der Waals surface area (Å²) in [7, 11) is 0. The molecule has 1 saturated heterocycles. The van der Waals surface area contributed by atoms with Crippen LogP contribution in [0, 0.1) is 6.92 Å². The molecule has 4 rings (SSSR count). The highest BCUT2D eigenvalue weighted by Crippen LogP contribution is 2.27. The summed E-state index contributed by atoms with van der Waals surface area (Å²) >= 11 is 0. The molecular weight excluding hydrogens is 438 g/mol. The van der Waals surface area contributed by atoms with Crippen molar-refractivity contribution >= 4 is 17.5 Å². The van der Waals surface area contributed by atoms with E-state index in [1.807, 2.05) is 85.2 Å². The molecule has 0 aliphatic carbocycles. The Kier molecular flexibility index (Phi) is 7.39. The van der Waals surface area contributed by atoms with Crippen molar-refractivity contribution in [3.63, 3.8) is 0 Å². The summed E-state index contributed by atoms with van der Waals surface area (Å²) in [6.45, 7) is 10.1. The Hall–Kier alpha value is -3.80. The summed E-state index contributed by atoms with van der Waals surface area (Å²) in [6.07, 6.45) is 0. The highest BCUT2D eigenvalue weighted by atomic mass is 16.3. The van der Waals surface area contributed by atoms with Gasteiger partial charge in [0.15, 0.2) is 0 Å². The zero-order chi connectivity index (χ0) is 24.9. The van der Waals surface area contributed by atoms with E-state index in [1.165, 1.54) is 0 Å². The molecule has 0 unspecified atom stereocenters. The van der Waals surface area contributed by atoms with Gasteiger partial charge < -0.3 is 19.8 Å². The third kappa shape index (κ3) is 5.32. The first-order chi connectivity index (χ1) is 16.9.